The highest BCUT2D eigenvalue weighted by Gasteiger charge is 2.50. The molecule has 0 amide bonds. The van der Waals surface area contributed by atoms with Gasteiger partial charge in [0.15, 0.2) is 6.10 Å². The Labute approximate surface area is 140 Å². The van der Waals surface area contributed by atoms with Crippen LogP contribution in [0.25, 0.3) is 0 Å². The first-order valence-corrected chi connectivity index (χ1v) is 6.93. The van der Waals surface area contributed by atoms with E-state index in [4.69, 9.17) is 20.2 Å². The zero-order valence-corrected chi connectivity index (χ0v) is 12.6. The summed E-state index contributed by atoms with van der Waals surface area (Å²) < 4.78 is 5.03. The van der Waals surface area contributed by atoms with E-state index < -0.39 is 60.7 Å². The van der Waals surface area contributed by atoms with Crippen LogP contribution >= 0.6 is 0 Å². The van der Waals surface area contributed by atoms with Crippen molar-refractivity contribution in [3.8, 4) is 6.07 Å². The summed E-state index contributed by atoms with van der Waals surface area (Å²) in [7, 11) is 0. The van der Waals surface area contributed by atoms with Gasteiger partial charge in [-0.15, -0.1) is 0 Å². The Hall–Kier alpha value is -2.49. The van der Waals surface area contributed by atoms with Gasteiger partial charge in [0, 0.05) is 11.6 Å². The van der Waals surface area contributed by atoms with E-state index in [-0.39, 0.29) is 5.57 Å². The van der Waals surface area contributed by atoms with Crippen LogP contribution < -0.4 is 0 Å². The van der Waals surface area contributed by atoms with Gasteiger partial charge in [-0.05, 0) is 6.08 Å². The molecule has 0 aromatic carbocycles. The van der Waals surface area contributed by atoms with Crippen LogP contribution in [0.15, 0.2) is 23.5 Å². The third-order valence-electron chi connectivity index (χ3n) is 3.49. The molecule has 4 unspecified atom stereocenters. The minimum absolute atomic E-state index is 0.382. The number of nitriles is 1. The first-order chi connectivity index (χ1) is 11.6. The smallest absolute Gasteiger partial charge is 0.328 e. The minimum Gasteiger partial charge on any atom is -0.481 e. The average Bonchev–Trinajstić information content (AvgIpc) is 2.55. The van der Waals surface area contributed by atoms with Gasteiger partial charge in [0.25, 0.3) is 0 Å². The molecule has 1 rings (SSSR count). The van der Waals surface area contributed by atoms with E-state index in [9.17, 15) is 35.1 Å². The topological polar surface area (TPSA) is 209 Å². The monoisotopic (exact) mass is 359 g/mol. The highest BCUT2D eigenvalue weighted by atomic mass is 16.5. The fraction of sp³-hybridized carbons (Fsp3) is 0.500. The Morgan fingerprint density at radius 3 is 1.80 bits per heavy atom. The normalized spacial score (nSPS) is 33.4. The molecule has 0 saturated heterocycles. The Balaban J connectivity index is 3.20. The van der Waals surface area contributed by atoms with Gasteiger partial charge in [-0.3, -0.25) is 4.79 Å². The van der Waals surface area contributed by atoms with E-state index in [2.05, 4.69) is 0 Å². The Morgan fingerprint density at radius 2 is 1.40 bits per heavy atom. The summed E-state index contributed by atoms with van der Waals surface area (Å²) in [5, 5.41) is 75.0. The highest BCUT2D eigenvalue weighted by molar-refractivity contribution is 5.81. The van der Waals surface area contributed by atoms with Gasteiger partial charge in [0.1, 0.15) is 36.6 Å². The number of aliphatic hydroxyl groups is 5. The maximum Gasteiger partial charge on any atom is 0.328 e. The molecule has 0 aromatic heterocycles. The molecule has 138 valence electrons. The quantitative estimate of drug-likeness (QED) is 0.110. The molecule has 0 spiro atoms. The van der Waals surface area contributed by atoms with Crippen molar-refractivity contribution in [1.29, 1.82) is 5.26 Å². The predicted molar refractivity (Wildman–Crippen MR) is 76.6 cm³/mol. The third kappa shape index (κ3) is 4.99. The number of aliphatic hydroxyl groups excluding tert-OH is 5. The molecule has 0 heterocycles. The molecule has 1 fully saturated rings. The van der Waals surface area contributed by atoms with Crippen molar-refractivity contribution in [2.45, 2.75) is 43.0 Å². The fourth-order valence-corrected chi connectivity index (χ4v) is 2.20. The second kappa shape index (κ2) is 8.56. The van der Waals surface area contributed by atoms with E-state index in [1.54, 1.807) is 0 Å². The Kier molecular flexibility index (Phi) is 7.04. The lowest BCUT2D eigenvalue weighted by Crippen LogP contribution is -2.64. The van der Waals surface area contributed by atoms with Crippen molar-refractivity contribution in [3.63, 3.8) is 0 Å². The average molecular weight is 359 g/mol. The second-order valence-electron chi connectivity index (χ2n) is 5.24. The summed E-state index contributed by atoms with van der Waals surface area (Å²) >= 11 is 0. The van der Waals surface area contributed by atoms with Crippen LogP contribution in [0.2, 0.25) is 0 Å². The Morgan fingerprint density at radius 1 is 0.920 bits per heavy atom. The van der Waals surface area contributed by atoms with Crippen molar-refractivity contribution in [3.05, 3.63) is 23.5 Å². The van der Waals surface area contributed by atoms with Crippen LogP contribution in [0.5, 0.6) is 0 Å². The van der Waals surface area contributed by atoms with Gasteiger partial charge in [-0.2, -0.15) is 5.26 Å². The van der Waals surface area contributed by atoms with E-state index in [0.717, 1.165) is 6.08 Å². The van der Waals surface area contributed by atoms with Crippen molar-refractivity contribution in [2.75, 3.05) is 0 Å². The molecule has 0 radical (unpaired) electrons. The van der Waals surface area contributed by atoms with Gasteiger partial charge in [-0.1, -0.05) is 0 Å². The second-order valence-corrected chi connectivity index (χ2v) is 5.24. The van der Waals surface area contributed by atoms with Crippen LogP contribution in [0.4, 0.5) is 0 Å². The molecule has 7 N–H and O–H groups in total. The zero-order chi connectivity index (χ0) is 19.3. The number of carboxylic acids is 2. The molecule has 1 aliphatic rings. The van der Waals surface area contributed by atoms with E-state index in [1.807, 2.05) is 0 Å². The molecule has 0 bridgehead atoms. The fourth-order valence-electron chi connectivity index (χ4n) is 2.20. The van der Waals surface area contributed by atoms with Crippen LogP contribution in [0.3, 0.4) is 0 Å². The lowest BCUT2D eigenvalue weighted by molar-refractivity contribution is -0.226. The number of aliphatic carboxylic acids is 2. The highest BCUT2D eigenvalue weighted by Crippen LogP contribution is 2.27. The minimum atomic E-state index is -1.91. The van der Waals surface area contributed by atoms with Gasteiger partial charge in [0.05, 0.1) is 6.42 Å². The standard InChI is InChI=1S/C14H17NO10/c15-4-6(5(3-8(18)19)1-2-7(16)17)25-14-12(23)10(21)9(20)11(22)13(14)24/h1-2,9-14,20-24H,3H2,(H,16,17)(H,18,19). The van der Waals surface area contributed by atoms with Crippen molar-refractivity contribution in [2.24, 2.45) is 0 Å². The third-order valence-corrected chi connectivity index (χ3v) is 3.49. The lowest BCUT2D eigenvalue weighted by Gasteiger charge is -2.41. The van der Waals surface area contributed by atoms with Gasteiger partial charge < -0.3 is 40.5 Å². The first-order valence-electron chi connectivity index (χ1n) is 6.93. The maximum absolute atomic E-state index is 10.9. The van der Waals surface area contributed by atoms with Crippen LogP contribution in [0.1, 0.15) is 6.42 Å². The van der Waals surface area contributed by atoms with Crippen LogP contribution in [-0.2, 0) is 14.3 Å². The Bertz CT molecular complexity index is 606. The largest absolute Gasteiger partial charge is 0.481 e. The summed E-state index contributed by atoms with van der Waals surface area (Å²) in [4.78, 5) is 21.4. The van der Waals surface area contributed by atoms with Crippen LogP contribution in [0, 0.1) is 11.3 Å². The van der Waals surface area contributed by atoms with E-state index in [1.165, 1.54) is 6.07 Å². The SMILES string of the molecule is N#CC(OC1C(O)C(O)C(O)C(O)C1O)=C(C=CC(=O)O)CC(=O)O. The summed E-state index contributed by atoms with van der Waals surface area (Å²) in [6, 6.07) is 1.46. The summed E-state index contributed by atoms with van der Waals surface area (Å²) in [6.45, 7) is 0. The van der Waals surface area contributed by atoms with Gasteiger partial charge in [-0.25, -0.2) is 4.79 Å². The van der Waals surface area contributed by atoms with Crippen molar-refractivity contribution < 1.29 is 50.1 Å². The molecule has 4 atom stereocenters. The number of nitrogens with zero attached hydrogens (tertiary/aromatic N) is 1. The van der Waals surface area contributed by atoms with E-state index >= 15 is 0 Å². The number of carboxylic acid groups (broad SMARTS) is 2. The van der Waals surface area contributed by atoms with Gasteiger partial charge in [0.2, 0.25) is 5.76 Å². The molecule has 25 heavy (non-hydrogen) atoms. The number of allylic oxidation sites excluding steroid dienone is 2. The number of hydrogen-bond donors (Lipinski definition) is 7. The number of hydrogen-bond acceptors (Lipinski definition) is 9. The van der Waals surface area contributed by atoms with Crippen LogP contribution in [-0.4, -0.2) is 84.3 Å². The summed E-state index contributed by atoms with van der Waals surface area (Å²) in [5.74, 6) is -3.58. The number of ether oxygens (including phenoxy) is 1. The van der Waals surface area contributed by atoms with Gasteiger partial charge >= 0.3 is 11.9 Å². The summed E-state index contributed by atoms with van der Waals surface area (Å²) in [5.41, 5.74) is -0.382. The lowest BCUT2D eigenvalue weighted by atomic mass is 9.85. The van der Waals surface area contributed by atoms with Crippen molar-refractivity contribution in [1.82, 2.24) is 0 Å². The molecule has 0 aromatic rings. The molecular weight excluding hydrogens is 342 g/mol. The predicted octanol–water partition coefficient (Wildman–Crippen LogP) is -2.92. The molecule has 11 heteroatoms. The number of rotatable bonds is 6. The maximum atomic E-state index is 10.9. The molecule has 0 aliphatic heterocycles. The van der Waals surface area contributed by atoms with Crippen molar-refractivity contribution >= 4 is 11.9 Å². The zero-order valence-electron chi connectivity index (χ0n) is 12.6. The molecule has 1 saturated carbocycles. The molecule has 11 nitrogen and oxygen atoms in total. The molecular formula is C14H17NO10. The molecule has 1 aliphatic carbocycles. The number of carbonyl (C=O) groups is 2. The van der Waals surface area contributed by atoms with E-state index in [0.29, 0.717) is 6.08 Å². The summed E-state index contributed by atoms with van der Waals surface area (Å²) in [6.07, 6.45) is -10.7. The first kappa shape index (κ1) is 20.6.